The molecule has 2 N–H and O–H groups in total. The summed E-state index contributed by atoms with van der Waals surface area (Å²) in [4.78, 5) is 19.0. The lowest BCUT2D eigenvalue weighted by Gasteiger charge is -2.21. The molecule has 3 rings (SSSR count). The largest absolute Gasteiger partial charge is 0.372 e. The maximum absolute atomic E-state index is 12.5. The molecule has 0 spiro atoms. The first-order valence-electron chi connectivity index (χ1n) is 8.91. The zero-order valence-electron chi connectivity index (χ0n) is 15.7. The summed E-state index contributed by atoms with van der Waals surface area (Å²) in [5.41, 5.74) is 2.38. The highest BCUT2D eigenvalue weighted by atomic mass is 16.5. The third-order valence-corrected chi connectivity index (χ3v) is 4.16. The zero-order valence-corrected chi connectivity index (χ0v) is 15.7. The average Bonchev–Trinajstić information content (AvgIpc) is 3.09. The van der Waals surface area contributed by atoms with E-state index in [0.29, 0.717) is 23.0 Å². The number of nitrogens with zero attached hydrogens (tertiary/aromatic N) is 3. The van der Waals surface area contributed by atoms with E-state index in [1.165, 1.54) is 0 Å². The minimum Gasteiger partial charge on any atom is -0.372 e. The van der Waals surface area contributed by atoms with E-state index in [1.807, 2.05) is 24.3 Å². The minimum atomic E-state index is -0.202. The molecule has 0 unspecified atom stereocenters. The number of hydrogen-bond donors (Lipinski definition) is 2. The van der Waals surface area contributed by atoms with E-state index in [2.05, 4.69) is 39.5 Å². The Morgan fingerprint density at radius 1 is 1.07 bits per heavy atom. The van der Waals surface area contributed by atoms with Crippen LogP contribution in [0.3, 0.4) is 0 Å². The monoisotopic (exact) mass is 365 g/mol. The second-order valence-electron chi connectivity index (χ2n) is 6.05. The lowest BCUT2D eigenvalue weighted by atomic mass is 10.2. The highest BCUT2D eigenvalue weighted by molar-refractivity contribution is 6.04. The summed E-state index contributed by atoms with van der Waals surface area (Å²) in [7, 11) is 0. The van der Waals surface area contributed by atoms with E-state index < -0.39 is 0 Å². The van der Waals surface area contributed by atoms with Gasteiger partial charge in [0.2, 0.25) is 0 Å². The molecule has 0 aliphatic carbocycles. The summed E-state index contributed by atoms with van der Waals surface area (Å²) in [5.74, 6) is 1.56. The summed E-state index contributed by atoms with van der Waals surface area (Å²) in [5, 5.41) is 9.78. The van der Waals surface area contributed by atoms with Crippen LogP contribution in [0.15, 0.2) is 53.2 Å². The van der Waals surface area contributed by atoms with Gasteiger partial charge in [-0.2, -0.15) is 0 Å². The van der Waals surface area contributed by atoms with E-state index in [1.54, 1.807) is 31.3 Å². The van der Waals surface area contributed by atoms with Crippen LogP contribution in [0.4, 0.5) is 23.0 Å². The van der Waals surface area contributed by atoms with Crippen molar-refractivity contribution in [1.29, 1.82) is 0 Å². The Morgan fingerprint density at radius 3 is 2.44 bits per heavy atom. The topological polar surface area (TPSA) is 83.3 Å². The molecule has 1 aromatic carbocycles. The molecule has 0 aliphatic heterocycles. The minimum absolute atomic E-state index is 0.202. The van der Waals surface area contributed by atoms with E-state index in [-0.39, 0.29) is 5.91 Å². The van der Waals surface area contributed by atoms with Crippen LogP contribution in [0.5, 0.6) is 0 Å². The molecule has 0 saturated heterocycles. The Morgan fingerprint density at radius 2 is 1.81 bits per heavy atom. The number of aromatic nitrogens is 2. The van der Waals surface area contributed by atoms with E-state index in [4.69, 9.17) is 4.52 Å². The summed E-state index contributed by atoms with van der Waals surface area (Å²) >= 11 is 0. The number of anilines is 4. The molecular formula is C20H23N5O2. The predicted molar refractivity (Wildman–Crippen MR) is 107 cm³/mol. The third kappa shape index (κ3) is 4.63. The molecule has 2 heterocycles. The lowest BCUT2D eigenvalue weighted by molar-refractivity contribution is 0.102. The van der Waals surface area contributed by atoms with E-state index >= 15 is 0 Å². The number of carbonyl (C=O) groups excluding carboxylic acids is 1. The molecule has 3 aromatic rings. The number of rotatable bonds is 7. The van der Waals surface area contributed by atoms with Crippen molar-refractivity contribution in [3.8, 4) is 0 Å². The van der Waals surface area contributed by atoms with Gasteiger partial charge in [-0.25, -0.2) is 4.98 Å². The van der Waals surface area contributed by atoms with Crippen LogP contribution in [0, 0.1) is 6.92 Å². The molecule has 27 heavy (non-hydrogen) atoms. The van der Waals surface area contributed by atoms with Gasteiger partial charge in [0.05, 0.1) is 0 Å². The Labute approximate surface area is 158 Å². The SMILES string of the molecule is CCN(CC)c1ccc(NC(=O)c2ccnc(Nc3cc(C)on3)c2)cc1. The Kier molecular flexibility index (Phi) is 5.71. The molecule has 7 heteroatoms. The van der Waals surface area contributed by atoms with E-state index in [9.17, 15) is 4.79 Å². The number of pyridine rings is 1. The van der Waals surface area contributed by atoms with Crippen molar-refractivity contribution < 1.29 is 9.32 Å². The van der Waals surface area contributed by atoms with Crippen LogP contribution < -0.4 is 15.5 Å². The number of benzene rings is 1. The van der Waals surface area contributed by atoms with Gasteiger partial charge in [0.15, 0.2) is 5.82 Å². The third-order valence-electron chi connectivity index (χ3n) is 4.16. The van der Waals surface area contributed by atoms with Crippen molar-refractivity contribution in [3.05, 3.63) is 60.0 Å². The molecule has 0 atom stereocenters. The summed E-state index contributed by atoms with van der Waals surface area (Å²) < 4.78 is 5.01. The molecule has 1 amide bonds. The molecule has 7 nitrogen and oxygen atoms in total. The molecule has 0 aliphatic rings. The normalized spacial score (nSPS) is 10.5. The Bertz CT molecular complexity index is 901. The predicted octanol–water partition coefficient (Wildman–Crippen LogP) is 4.22. The second kappa shape index (κ2) is 8.35. The fraction of sp³-hybridized carbons (Fsp3) is 0.250. The molecule has 0 bridgehead atoms. The molecular weight excluding hydrogens is 342 g/mol. The number of hydrogen-bond acceptors (Lipinski definition) is 6. The summed E-state index contributed by atoms with van der Waals surface area (Å²) in [6.07, 6.45) is 1.58. The molecule has 0 fully saturated rings. The van der Waals surface area contributed by atoms with Crippen LogP contribution in [-0.2, 0) is 0 Å². The second-order valence-corrected chi connectivity index (χ2v) is 6.05. The first-order valence-corrected chi connectivity index (χ1v) is 8.91. The lowest BCUT2D eigenvalue weighted by Crippen LogP contribution is -2.21. The first kappa shape index (κ1) is 18.4. The van der Waals surface area contributed by atoms with Gasteiger partial charge in [-0.1, -0.05) is 5.16 Å². The maximum Gasteiger partial charge on any atom is 0.255 e. The number of aryl methyl sites for hydroxylation is 1. The van der Waals surface area contributed by atoms with Crippen molar-refractivity contribution in [2.75, 3.05) is 28.6 Å². The van der Waals surface area contributed by atoms with Gasteiger partial charge in [0.1, 0.15) is 11.6 Å². The fourth-order valence-corrected chi connectivity index (χ4v) is 2.74. The standard InChI is InChI=1S/C20H23N5O2/c1-4-25(5-2)17-8-6-16(7-9-17)22-20(26)15-10-11-21-18(13-15)23-19-12-14(3)27-24-19/h6-13H,4-5H2,1-3H3,(H,22,26)(H,21,23,24). The van der Waals surface area contributed by atoms with Crippen LogP contribution in [-0.4, -0.2) is 29.1 Å². The molecule has 0 saturated carbocycles. The van der Waals surface area contributed by atoms with Crippen LogP contribution in [0.2, 0.25) is 0 Å². The van der Waals surface area contributed by atoms with Gasteiger partial charge in [0.25, 0.3) is 5.91 Å². The fourth-order valence-electron chi connectivity index (χ4n) is 2.74. The molecule has 2 aromatic heterocycles. The van der Waals surface area contributed by atoms with Crippen LogP contribution >= 0.6 is 0 Å². The summed E-state index contributed by atoms with van der Waals surface area (Å²) in [6.45, 7) is 7.93. The van der Waals surface area contributed by atoms with Crippen molar-refractivity contribution in [2.24, 2.45) is 0 Å². The van der Waals surface area contributed by atoms with Gasteiger partial charge in [-0.3, -0.25) is 4.79 Å². The Balaban J connectivity index is 1.68. The highest BCUT2D eigenvalue weighted by Gasteiger charge is 2.09. The number of carbonyl (C=O) groups is 1. The number of amides is 1. The van der Waals surface area contributed by atoms with E-state index in [0.717, 1.165) is 24.5 Å². The van der Waals surface area contributed by atoms with Gasteiger partial charge in [-0.05, 0) is 57.2 Å². The number of nitrogens with one attached hydrogen (secondary N) is 2. The van der Waals surface area contributed by atoms with Crippen LogP contribution in [0.1, 0.15) is 30.0 Å². The van der Waals surface area contributed by atoms with Gasteiger partial charge >= 0.3 is 0 Å². The highest BCUT2D eigenvalue weighted by Crippen LogP contribution is 2.19. The van der Waals surface area contributed by atoms with Crippen molar-refractivity contribution in [3.63, 3.8) is 0 Å². The van der Waals surface area contributed by atoms with Crippen molar-refractivity contribution in [2.45, 2.75) is 20.8 Å². The van der Waals surface area contributed by atoms with Gasteiger partial charge in [-0.15, -0.1) is 0 Å². The quantitative estimate of drug-likeness (QED) is 0.652. The summed E-state index contributed by atoms with van der Waals surface area (Å²) in [6, 6.07) is 12.9. The first-order chi connectivity index (χ1) is 13.1. The molecule has 140 valence electrons. The Hall–Kier alpha value is -3.35. The van der Waals surface area contributed by atoms with Gasteiger partial charge < -0.3 is 20.1 Å². The van der Waals surface area contributed by atoms with Crippen molar-refractivity contribution >= 4 is 28.9 Å². The van der Waals surface area contributed by atoms with Crippen LogP contribution in [0.25, 0.3) is 0 Å². The molecule has 0 radical (unpaired) electrons. The van der Waals surface area contributed by atoms with Crippen molar-refractivity contribution in [1.82, 2.24) is 10.1 Å². The van der Waals surface area contributed by atoms with Gasteiger partial charge in [0, 0.05) is 42.3 Å². The zero-order chi connectivity index (χ0) is 19.2. The smallest absolute Gasteiger partial charge is 0.255 e. The maximum atomic E-state index is 12.5. The average molecular weight is 365 g/mol.